The summed E-state index contributed by atoms with van der Waals surface area (Å²) >= 11 is -1.58. The quantitative estimate of drug-likeness (QED) is 0.301. The van der Waals surface area contributed by atoms with Crippen LogP contribution < -0.4 is 10.5 Å². The molecule has 5 N–H and O–H groups in total. The number of amides is 1. The van der Waals surface area contributed by atoms with E-state index in [-0.39, 0.29) is 25.1 Å². The zero-order valence-corrected chi connectivity index (χ0v) is 14.6. The van der Waals surface area contributed by atoms with Crippen molar-refractivity contribution >= 4 is 23.2 Å². The molecule has 134 valence electrons. The maximum Gasteiger partial charge on any atom is 0.254 e. The first-order chi connectivity index (χ1) is 11.2. The summed E-state index contributed by atoms with van der Waals surface area (Å²) in [6.45, 7) is 4.23. The van der Waals surface area contributed by atoms with Gasteiger partial charge >= 0.3 is 0 Å². The first-order valence-corrected chi connectivity index (χ1v) is 8.90. The zero-order chi connectivity index (χ0) is 17.9. The van der Waals surface area contributed by atoms with E-state index in [0.29, 0.717) is 18.5 Å². The molecule has 0 bridgehead atoms. The average molecular weight is 356 g/mol. The van der Waals surface area contributed by atoms with E-state index in [1.807, 2.05) is 13.8 Å². The molecule has 1 amide bonds. The number of nitrogens with two attached hydrogens (primary N) is 1. The van der Waals surface area contributed by atoms with Crippen molar-refractivity contribution in [2.24, 2.45) is 5.73 Å². The second kappa shape index (κ2) is 7.56. The third-order valence-electron chi connectivity index (χ3n) is 3.89. The number of morpholine rings is 1. The van der Waals surface area contributed by atoms with Crippen molar-refractivity contribution in [1.29, 1.82) is 5.41 Å². The largest absolute Gasteiger partial charge is 0.593 e. The molecule has 2 rings (SSSR count). The average Bonchev–Trinajstić information content (AvgIpc) is 2.53. The van der Waals surface area contributed by atoms with Crippen LogP contribution in [0.15, 0.2) is 23.8 Å². The first-order valence-electron chi connectivity index (χ1n) is 7.69. The van der Waals surface area contributed by atoms with Crippen molar-refractivity contribution in [3.63, 3.8) is 0 Å². The highest BCUT2D eigenvalue weighted by atomic mass is 32.2. The Kier molecular flexibility index (Phi) is 5.92. The van der Waals surface area contributed by atoms with Gasteiger partial charge in [0.2, 0.25) is 5.96 Å². The van der Waals surface area contributed by atoms with Gasteiger partial charge in [0.15, 0.2) is 5.25 Å². The molecule has 1 fully saturated rings. The Bertz CT molecular complexity index is 564. The normalized spacial score (nSPS) is 27.3. The highest BCUT2D eigenvalue weighted by Gasteiger charge is 2.37. The number of hydrogen-bond acceptors (Lipinski definition) is 5. The number of guanidine groups is 1. The molecule has 1 aliphatic carbocycles. The number of nitrogens with one attached hydrogen (secondary N) is 2. The fraction of sp³-hybridized carbons (Fsp3) is 0.600. The third-order valence-corrected chi connectivity index (χ3v) is 5.19. The van der Waals surface area contributed by atoms with Crippen LogP contribution in [0.5, 0.6) is 0 Å². The van der Waals surface area contributed by atoms with Gasteiger partial charge < -0.3 is 25.0 Å². The van der Waals surface area contributed by atoms with Crippen LogP contribution in [0.1, 0.15) is 20.3 Å². The highest BCUT2D eigenvalue weighted by molar-refractivity contribution is 7.90. The lowest BCUT2D eigenvalue weighted by molar-refractivity contribution is -0.155. The summed E-state index contributed by atoms with van der Waals surface area (Å²) in [4.78, 5) is 14.5. The number of aliphatic hydroxyl groups is 1. The smallest absolute Gasteiger partial charge is 0.254 e. The van der Waals surface area contributed by atoms with E-state index in [2.05, 4.69) is 4.72 Å². The number of ether oxygens (including phenoxy) is 1. The fourth-order valence-electron chi connectivity index (χ4n) is 2.68. The summed E-state index contributed by atoms with van der Waals surface area (Å²) in [6, 6.07) is -0.402. The Morgan fingerprint density at radius 1 is 1.67 bits per heavy atom. The van der Waals surface area contributed by atoms with Crippen LogP contribution in [0.25, 0.3) is 0 Å². The minimum Gasteiger partial charge on any atom is -0.593 e. The van der Waals surface area contributed by atoms with Crippen LogP contribution in [0.2, 0.25) is 0 Å². The number of carbonyl (C=O) groups is 1. The van der Waals surface area contributed by atoms with Crippen LogP contribution in [0.3, 0.4) is 0 Å². The minimum atomic E-state index is -1.58. The van der Waals surface area contributed by atoms with E-state index in [9.17, 15) is 14.5 Å². The van der Waals surface area contributed by atoms with E-state index >= 15 is 0 Å². The summed E-state index contributed by atoms with van der Waals surface area (Å²) in [6.07, 6.45) is 5.59. The predicted octanol–water partition coefficient (Wildman–Crippen LogP) is -0.614. The molecule has 0 spiro atoms. The molecule has 0 aromatic heterocycles. The summed E-state index contributed by atoms with van der Waals surface area (Å²) in [5, 5.41) is 16.2. The Morgan fingerprint density at radius 2 is 2.38 bits per heavy atom. The lowest BCUT2D eigenvalue weighted by atomic mass is 10.0. The molecule has 0 aromatic carbocycles. The Morgan fingerprint density at radius 3 is 3.00 bits per heavy atom. The van der Waals surface area contributed by atoms with Crippen LogP contribution in [0.4, 0.5) is 0 Å². The van der Waals surface area contributed by atoms with Crippen LogP contribution in [-0.2, 0) is 20.9 Å². The van der Waals surface area contributed by atoms with E-state index in [1.165, 1.54) is 0 Å². The second-order valence-corrected chi connectivity index (χ2v) is 7.86. The number of allylic oxidation sites excluding steroid dienone is 1. The van der Waals surface area contributed by atoms with E-state index < -0.39 is 28.3 Å². The lowest BCUT2D eigenvalue weighted by Gasteiger charge is -2.43. The first kappa shape index (κ1) is 18.8. The molecule has 1 saturated heterocycles. The fourth-order valence-corrected chi connectivity index (χ4v) is 3.60. The van der Waals surface area contributed by atoms with Crippen molar-refractivity contribution in [1.82, 2.24) is 9.62 Å². The topological polar surface area (TPSA) is 135 Å². The molecule has 24 heavy (non-hydrogen) atoms. The number of hydrogen-bond donors (Lipinski definition) is 4. The molecule has 9 heteroatoms. The highest BCUT2D eigenvalue weighted by Crippen LogP contribution is 2.25. The second-order valence-electron chi connectivity index (χ2n) is 6.45. The van der Waals surface area contributed by atoms with Crippen molar-refractivity contribution in [2.45, 2.75) is 37.2 Å². The van der Waals surface area contributed by atoms with Gasteiger partial charge in [0.1, 0.15) is 0 Å². The molecule has 0 saturated carbocycles. The van der Waals surface area contributed by atoms with E-state index in [0.717, 1.165) is 0 Å². The van der Waals surface area contributed by atoms with Gasteiger partial charge in [-0.15, -0.1) is 0 Å². The molecular weight excluding hydrogens is 332 g/mol. The van der Waals surface area contributed by atoms with E-state index in [4.69, 9.17) is 15.9 Å². The summed E-state index contributed by atoms with van der Waals surface area (Å²) in [5.74, 6) is -0.606. The van der Waals surface area contributed by atoms with Gasteiger partial charge in [-0.2, -0.15) is 4.72 Å². The van der Waals surface area contributed by atoms with Crippen LogP contribution >= 0.6 is 0 Å². The van der Waals surface area contributed by atoms with Crippen molar-refractivity contribution in [2.75, 3.05) is 19.8 Å². The molecular formula is C15H24N4O4S. The lowest BCUT2D eigenvalue weighted by Crippen LogP contribution is -2.57. The number of nitrogens with zero attached hydrogens (tertiary/aromatic N) is 1. The van der Waals surface area contributed by atoms with Gasteiger partial charge in [-0.25, -0.2) is 0 Å². The number of aliphatic hydroxyl groups excluding tert-OH is 1. The Balaban J connectivity index is 2.15. The summed E-state index contributed by atoms with van der Waals surface area (Å²) < 4.78 is 20.1. The summed E-state index contributed by atoms with van der Waals surface area (Å²) in [7, 11) is 0. The Hall–Kier alpha value is -1.55. The monoisotopic (exact) mass is 356 g/mol. The number of rotatable bonds is 4. The predicted molar refractivity (Wildman–Crippen MR) is 91.4 cm³/mol. The zero-order valence-electron chi connectivity index (χ0n) is 13.8. The molecule has 0 radical (unpaired) electrons. The molecule has 1 heterocycles. The van der Waals surface area contributed by atoms with Crippen LogP contribution in [-0.4, -0.2) is 63.1 Å². The Labute approximate surface area is 144 Å². The molecule has 0 aromatic rings. The van der Waals surface area contributed by atoms with E-state index in [1.54, 1.807) is 23.1 Å². The van der Waals surface area contributed by atoms with Gasteiger partial charge in [0.25, 0.3) is 5.91 Å². The van der Waals surface area contributed by atoms with Gasteiger partial charge in [-0.1, -0.05) is 12.2 Å². The van der Waals surface area contributed by atoms with Gasteiger partial charge in [0.05, 0.1) is 36.2 Å². The minimum absolute atomic E-state index is 0.180. The van der Waals surface area contributed by atoms with Crippen LogP contribution in [0, 0.1) is 5.41 Å². The molecule has 3 atom stereocenters. The molecule has 2 unspecified atom stereocenters. The van der Waals surface area contributed by atoms with Crippen molar-refractivity contribution < 1.29 is 19.2 Å². The van der Waals surface area contributed by atoms with Gasteiger partial charge in [-0.3, -0.25) is 10.2 Å². The standard InChI is InChI=1S/C15H24N4O4S/c1-15(2)9-19(11(7-20)8-23-15)13(21)10-4-3-5-12(6-10)24(22)18-14(16)17/h3-4,6,11-12,20H,5,7-9H2,1-2H3,(H4,16,17,18)/t11?,12-,24?/m0/s1. The maximum absolute atomic E-state index is 12.9. The molecule has 2 aliphatic rings. The third kappa shape index (κ3) is 4.50. The summed E-state index contributed by atoms with van der Waals surface area (Å²) in [5.41, 5.74) is 5.13. The SMILES string of the molecule is CC1(C)CN(C(=O)C2=C[C@@H]([S+]([O-])NC(=N)N)CC=C2)C(CO)CO1. The molecule has 8 nitrogen and oxygen atoms in total. The maximum atomic E-state index is 12.9. The molecule has 1 aliphatic heterocycles. The van der Waals surface area contributed by atoms with Gasteiger partial charge in [-0.05, 0) is 19.9 Å². The van der Waals surface area contributed by atoms with Crippen molar-refractivity contribution in [3.8, 4) is 0 Å². The number of carbonyl (C=O) groups excluding carboxylic acids is 1. The van der Waals surface area contributed by atoms with Crippen molar-refractivity contribution in [3.05, 3.63) is 23.8 Å². The van der Waals surface area contributed by atoms with Gasteiger partial charge in [0, 0.05) is 18.5 Å².